The Morgan fingerprint density at radius 2 is 2.04 bits per heavy atom. The van der Waals surface area contributed by atoms with Gasteiger partial charge >= 0.3 is 0 Å². The summed E-state index contributed by atoms with van der Waals surface area (Å²) in [6.07, 6.45) is 5.54. The number of fused-ring (bicyclic) bond motifs is 2. The Kier molecular flexibility index (Phi) is 4.63. The highest BCUT2D eigenvalue weighted by Crippen LogP contribution is 2.34. The number of aryl methyl sites for hydroxylation is 1. The molecule has 0 N–H and O–H groups in total. The van der Waals surface area contributed by atoms with E-state index in [1.807, 2.05) is 11.8 Å². The molecule has 0 spiro atoms. The first-order valence-corrected chi connectivity index (χ1v) is 9.28. The molecule has 2 bridgehead atoms. The van der Waals surface area contributed by atoms with Gasteiger partial charge in [-0.25, -0.2) is 9.97 Å². The van der Waals surface area contributed by atoms with Gasteiger partial charge in [0.25, 0.3) is 5.56 Å². The van der Waals surface area contributed by atoms with Crippen LogP contribution in [0.5, 0.6) is 0 Å². The van der Waals surface area contributed by atoms with Gasteiger partial charge in [0.15, 0.2) is 0 Å². The molecule has 142 valence electrons. The van der Waals surface area contributed by atoms with E-state index in [1.165, 1.54) is 29.2 Å². The third-order valence-electron chi connectivity index (χ3n) is 5.30. The Morgan fingerprint density at radius 1 is 1.26 bits per heavy atom. The van der Waals surface area contributed by atoms with Gasteiger partial charge in [-0.1, -0.05) is 13.3 Å². The van der Waals surface area contributed by atoms with Gasteiger partial charge in [0.2, 0.25) is 11.9 Å². The topological polar surface area (TPSA) is 71.3 Å². The van der Waals surface area contributed by atoms with Crippen LogP contribution in [0.25, 0.3) is 0 Å². The summed E-state index contributed by atoms with van der Waals surface area (Å²) in [6.45, 7) is 3.36. The maximum atomic E-state index is 13.4. The summed E-state index contributed by atoms with van der Waals surface area (Å²) in [6, 6.07) is 4.89. The highest BCUT2D eigenvalue weighted by molar-refractivity contribution is 5.78. The number of hydrogen-bond acceptors (Lipinski definition) is 5. The first-order valence-electron chi connectivity index (χ1n) is 9.28. The van der Waals surface area contributed by atoms with Gasteiger partial charge < -0.3 is 9.80 Å². The molecule has 3 saturated heterocycles. The fraction of sp³-hybridized carbons (Fsp3) is 0.474. The standard InChI is InChI=1S/C19H22FN5O2/c1-2-3-13-6-18(26)24(12-22-13)11-19(27)25-15-7-16(25)10-23(9-15)14-4-5-21-17(20)8-14/h4-6,8,12,15-16H,2-3,7,9-11H2,1H3. The number of carbonyl (C=O) groups is 1. The molecule has 7 nitrogen and oxygen atoms in total. The molecule has 8 heteroatoms. The summed E-state index contributed by atoms with van der Waals surface area (Å²) in [5.41, 5.74) is 1.35. The molecular weight excluding hydrogens is 349 g/mol. The van der Waals surface area contributed by atoms with Crippen LogP contribution < -0.4 is 10.5 Å². The minimum absolute atomic E-state index is 0.00905. The molecule has 3 fully saturated rings. The van der Waals surface area contributed by atoms with E-state index >= 15 is 0 Å². The number of carbonyl (C=O) groups excluding carboxylic acids is 1. The number of pyridine rings is 1. The first kappa shape index (κ1) is 17.6. The predicted molar refractivity (Wildman–Crippen MR) is 97.9 cm³/mol. The Morgan fingerprint density at radius 3 is 2.70 bits per heavy atom. The fourth-order valence-corrected chi connectivity index (χ4v) is 4.02. The van der Waals surface area contributed by atoms with E-state index in [-0.39, 0.29) is 30.1 Å². The van der Waals surface area contributed by atoms with Crippen molar-refractivity contribution >= 4 is 11.6 Å². The molecule has 3 aliphatic rings. The van der Waals surface area contributed by atoms with Gasteiger partial charge in [-0.3, -0.25) is 14.2 Å². The smallest absolute Gasteiger partial charge is 0.253 e. The van der Waals surface area contributed by atoms with Crippen LogP contribution in [0.1, 0.15) is 25.5 Å². The second-order valence-electron chi connectivity index (χ2n) is 7.18. The zero-order valence-electron chi connectivity index (χ0n) is 15.2. The Bertz CT molecular complexity index is 903. The van der Waals surface area contributed by atoms with Crippen LogP contribution >= 0.6 is 0 Å². The third kappa shape index (κ3) is 3.43. The average molecular weight is 371 g/mol. The Hall–Kier alpha value is -2.77. The lowest BCUT2D eigenvalue weighted by Crippen LogP contribution is -2.70. The van der Waals surface area contributed by atoms with Crippen molar-refractivity contribution in [1.29, 1.82) is 0 Å². The van der Waals surface area contributed by atoms with Crippen LogP contribution in [0.15, 0.2) is 35.5 Å². The summed E-state index contributed by atoms with van der Waals surface area (Å²) < 4.78 is 14.7. The summed E-state index contributed by atoms with van der Waals surface area (Å²) in [4.78, 5) is 36.7. The number of hydrogen-bond donors (Lipinski definition) is 0. The van der Waals surface area contributed by atoms with Crippen LogP contribution in [0, 0.1) is 5.95 Å². The normalized spacial score (nSPS) is 21.1. The van der Waals surface area contributed by atoms with Crippen molar-refractivity contribution in [3.63, 3.8) is 0 Å². The number of piperidine rings is 1. The van der Waals surface area contributed by atoms with Crippen LogP contribution in [-0.4, -0.2) is 50.5 Å². The number of aromatic nitrogens is 3. The third-order valence-corrected chi connectivity index (χ3v) is 5.30. The molecule has 1 amide bonds. The van der Waals surface area contributed by atoms with E-state index in [4.69, 9.17) is 0 Å². The fourth-order valence-electron chi connectivity index (χ4n) is 4.02. The molecule has 2 aromatic rings. The van der Waals surface area contributed by atoms with E-state index in [9.17, 15) is 14.0 Å². The van der Waals surface area contributed by atoms with E-state index in [1.54, 1.807) is 6.07 Å². The lowest BCUT2D eigenvalue weighted by Gasteiger charge is -2.56. The van der Waals surface area contributed by atoms with Crippen LogP contribution in [0.3, 0.4) is 0 Å². The number of rotatable bonds is 5. The van der Waals surface area contributed by atoms with Crippen molar-refractivity contribution < 1.29 is 9.18 Å². The van der Waals surface area contributed by atoms with Crippen LogP contribution in [-0.2, 0) is 17.8 Å². The lowest BCUT2D eigenvalue weighted by atomic mass is 9.87. The minimum Gasteiger partial charge on any atom is -0.367 e. The quantitative estimate of drug-likeness (QED) is 0.739. The van der Waals surface area contributed by atoms with Crippen molar-refractivity contribution in [2.24, 2.45) is 0 Å². The lowest BCUT2D eigenvalue weighted by molar-refractivity contribution is -0.146. The summed E-state index contributed by atoms with van der Waals surface area (Å²) in [7, 11) is 0. The second-order valence-corrected chi connectivity index (χ2v) is 7.18. The van der Waals surface area contributed by atoms with Crippen molar-refractivity contribution in [3.05, 3.63) is 52.7 Å². The van der Waals surface area contributed by atoms with E-state index in [0.29, 0.717) is 13.1 Å². The number of amides is 1. The van der Waals surface area contributed by atoms with Crippen molar-refractivity contribution in [2.45, 2.75) is 44.8 Å². The molecule has 5 rings (SSSR count). The number of piperazine rings is 1. The molecule has 0 radical (unpaired) electrons. The van der Waals surface area contributed by atoms with Crippen LogP contribution in [0.4, 0.5) is 10.1 Å². The highest BCUT2D eigenvalue weighted by atomic mass is 19.1. The van der Waals surface area contributed by atoms with Gasteiger partial charge in [-0.15, -0.1) is 0 Å². The van der Waals surface area contributed by atoms with Gasteiger partial charge in [-0.05, 0) is 18.9 Å². The molecule has 2 aromatic heterocycles. The summed E-state index contributed by atoms with van der Waals surface area (Å²) in [5.74, 6) is -0.568. The zero-order chi connectivity index (χ0) is 19.0. The molecule has 2 unspecified atom stereocenters. The molecular formula is C19H22FN5O2. The molecule has 2 atom stereocenters. The minimum atomic E-state index is -0.502. The largest absolute Gasteiger partial charge is 0.367 e. The number of anilines is 1. The SMILES string of the molecule is CCCc1cc(=O)n(CC(=O)N2C3CC2CN(c2ccnc(F)c2)C3)cn1. The summed E-state index contributed by atoms with van der Waals surface area (Å²) >= 11 is 0. The van der Waals surface area contributed by atoms with Gasteiger partial charge in [0.05, 0.1) is 18.4 Å². The molecule has 0 aromatic carbocycles. The van der Waals surface area contributed by atoms with Gasteiger partial charge in [-0.2, -0.15) is 4.39 Å². The van der Waals surface area contributed by atoms with E-state index in [2.05, 4.69) is 14.9 Å². The molecule has 0 aliphatic carbocycles. The maximum Gasteiger partial charge on any atom is 0.253 e. The first-order chi connectivity index (χ1) is 13.0. The maximum absolute atomic E-state index is 13.4. The Labute approximate surface area is 156 Å². The van der Waals surface area contributed by atoms with E-state index in [0.717, 1.165) is 30.6 Å². The number of halogens is 1. The van der Waals surface area contributed by atoms with Gasteiger partial charge in [0, 0.05) is 42.8 Å². The zero-order valence-corrected chi connectivity index (χ0v) is 15.2. The van der Waals surface area contributed by atoms with E-state index < -0.39 is 5.95 Å². The van der Waals surface area contributed by atoms with Crippen LogP contribution in [0.2, 0.25) is 0 Å². The Balaban J connectivity index is 1.41. The molecule has 27 heavy (non-hydrogen) atoms. The van der Waals surface area contributed by atoms with Crippen molar-refractivity contribution in [1.82, 2.24) is 19.4 Å². The second kappa shape index (κ2) is 7.09. The predicted octanol–water partition coefficient (Wildman–Crippen LogP) is 1.22. The monoisotopic (exact) mass is 371 g/mol. The summed E-state index contributed by atoms with van der Waals surface area (Å²) in [5, 5.41) is 0. The number of nitrogens with zero attached hydrogens (tertiary/aromatic N) is 5. The van der Waals surface area contributed by atoms with Crippen molar-refractivity contribution in [2.75, 3.05) is 18.0 Å². The van der Waals surface area contributed by atoms with Crippen molar-refractivity contribution in [3.8, 4) is 0 Å². The molecule has 0 saturated carbocycles. The average Bonchev–Trinajstić information content (AvgIpc) is 2.64. The van der Waals surface area contributed by atoms with Gasteiger partial charge in [0.1, 0.15) is 6.54 Å². The molecule has 5 heterocycles. The molecule has 3 aliphatic heterocycles. The highest BCUT2D eigenvalue weighted by Gasteiger charge is 2.47.